The quantitative estimate of drug-likeness (QED) is 0.721. The highest BCUT2D eigenvalue weighted by molar-refractivity contribution is 7.17. The Morgan fingerprint density at radius 2 is 1.86 bits per heavy atom. The molecular formula is C18H16O2S. The first-order valence-corrected chi connectivity index (χ1v) is 7.89. The molecule has 0 atom stereocenters. The van der Waals surface area contributed by atoms with Gasteiger partial charge in [0.25, 0.3) is 0 Å². The van der Waals surface area contributed by atoms with Crippen LogP contribution in [0.15, 0.2) is 53.9 Å². The summed E-state index contributed by atoms with van der Waals surface area (Å²) < 4.78 is 1.26. The molecule has 2 aromatic carbocycles. The van der Waals surface area contributed by atoms with Gasteiger partial charge in [-0.1, -0.05) is 36.4 Å². The Balaban J connectivity index is 1.91. The molecule has 0 radical (unpaired) electrons. The van der Waals surface area contributed by atoms with Crippen molar-refractivity contribution in [3.05, 3.63) is 59.5 Å². The maximum atomic E-state index is 10.6. The van der Waals surface area contributed by atoms with Gasteiger partial charge in [0.2, 0.25) is 0 Å². The number of carboxylic acid groups (broad SMARTS) is 1. The number of aryl methyl sites for hydroxylation is 1. The Hall–Kier alpha value is -2.13. The molecule has 3 rings (SSSR count). The molecule has 1 N–H and O–H groups in total. The van der Waals surface area contributed by atoms with Crippen molar-refractivity contribution in [2.75, 3.05) is 0 Å². The van der Waals surface area contributed by atoms with E-state index in [9.17, 15) is 4.79 Å². The molecule has 0 saturated heterocycles. The number of hydrogen-bond acceptors (Lipinski definition) is 2. The van der Waals surface area contributed by atoms with Crippen LogP contribution in [0.3, 0.4) is 0 Å². The van der Waals surface area contributed by atoms with Crippen LogP contribution in [0.4, 0.5) is 0 Å². The SMILES string of the molecule is O=C(O)CCCc1csc2ccc(-c3ccccc3)cc12. The third-order valence-corrected chi connectivity index (χ3v) is 4.61. The standard InChI is InChI=1S/C18H16O2S/c19-18(20)8-4-7-15-12-21-17-10-9-14(11-16(15)17)13-5-2-1-3-6-13/h1-3,5-6,9-12H,4,7-8H2,(H,19,20). The average molecular weight is 296 g/mol. The summed E-state index contributed by atoms with van der Waals surface area (Å²) in [7, 11) is 0. The molecule has 0 saturated carbocycles. The van der Waals surface area contributed by atoms with Gasteiger partial charge in [0.1, 0.15) is 0 Å². The van der Waals surface area contributed by atoms with E-state index in [1.807, 2.05) is 18.2 Å². The Bertz CT molecular complexity index is 759. The van der Waals surface area contributed by atoms with Crippen LogP contribution in [0.25, 0.3) is 21.2 Å². The number of thiophene rings is 1. The van der Waals surface area contributed by atoms with Crippen molar-refractivity contribution in [2.24, 2.45) is 0 Å². The third-order valence-electron chi connectivity index (χ3n) is 3.60. The lowest BCUT2D eigenvalue weighted by Gasteiger charge is -2.03. The first kappa shape index (κ1) is 13.8. The molecule has 0 bridgehead atoms. The lowest BCUT2D eigenvalue weighted by molar-refractivity contribution is -0.137. The predicted molar refractivity (Wildman–Crippen MR) is 87.8 cm³/mol. The highest BCUT2D eigenvalue weighted by Crippen LogP contribution is 2.31. The second-order valence-electron chi connectivity index (χ2n) is 5.09. The largest absolute Gasteiger partial charge is 0.481 e. The fourth-order valence-corrected chi connectivity index (χ4v) is 3.49. The van der Waals surface area contributed by atoms with Crippen molar-refractivity contribution in [1.82, 2.24) is 0 Å². The van der Waals surface area contributed by atoms with E-state index in [-0.39, 0.29) is 6.42 Å². The van der Waals surface area contributed by atoms with E-state index in [4.69, 9.17) is 5.11 Å². The molecular weight excluding hydrogens is 280 g/mol. The van der Waals surface area contributed by atoms with Crippen molar-refractivity contribution in [1.29, 1.82) is 0 Å². The van der Waals surface area contributed by atoms with E-state index in [0.717, 1.165) is 6.42 Å². The third kappa shape index (κ3) is 3.14. The van der Waals surface area contributed by atoms with E-state index < -0.39 is 5.97 Å². The van der Waals surface area contributed by atoms with E-state index in [0.29, 0.717) is 6.42 Å². The molecule has 2 nitrogen and oxygen atoms in total. The molecule has 3 aromatic rings. The summed E-state index contributed by atoms with van der Waals surface area (Å²) >= 11 is 1.73. The van der Waals surface area contributed by atoms with Gasteiger partial charge in [-0.3, -0.25) is 4.79 Å². The fourth-order valence-electron chi connectivity index (χ4n) is 2.52. The minimum atomic E-state index is -0.723. The summed E-state index contributed by atoms with van der Waals surface area (Å²) in [5.74, 6) is -0.723. The minimum Gasteiger partial charge on any atom is -0.481 e. The van der Waals surface area contributed by atoms with Crippen LogP contribution in [0.1, 0.15) is 18.4 Å². The van der Waals surface area contributed by atoms with Crippen LogP contribution in [0, 0.1) is 0 Å². The second kappa shape index (κ2) is 6.10. The molecule has 1 heterocycles. The van der Waals surface area contributed by atoms with E-state index in [1.54, 1.807) is 11.3 Å². The number of carboxylic acids is 1. The zero-order chi connectivity index (χ0) is 14.7. The Labute approximate surface area is 127 Å². The normalized spacial score (nSPS) is 10.9. The molecule has 106 valence electrons. The van der Waals surface area contributed by atoms with Crippen molar-refractivity contribution >= 4 is 27.4 Å². The highest BCUT2D eigenvalue weighted by atomic mass is 32.1. The highest BCUT2D eigenvalue weighted by Gasteiger charge is 2.07. The van der Waals surface area contributed by atoms with Crippen LogP contribution in [-0.4, -0.2) is 11.1 Å². The molecule has 0 spiro atoms. The lowest BCUT2D eigenvalue weighted by atomic mass is 10.0. The molecule has 0 unspecified atom stereocenters. The monoisotopic (exact) mass is 296 g/mol. The van der Waals surface area contributed by atoms with Gasteiger partial charge in [-0.25, -0.2) is 0 Å². The van der Waals surface area contributed by atoms with Crippen LogP contribution in [0.2, 0.25) is 0 Å². The molecule has 0 fully saturated rings. The van der Waals surface area contributed by atoms with Gasteiger partial charge >= 0.3 is 5.97 Å². The number of fused-ring (bicyclic) bond motifs is 1. The van der Waals surface area contributed by atoms with Gasteiger partial charge in [-0.05, 0) is 52.4 Å². The molecule has 3 heteroatoms. The predicted octanol–water partition coefficient (Wildman–Crippen LogP) is 4.98. The van der Waals surface area contributed by atoms with E-state index >= 15 is 0 Å². The molecule has 0 aliphatic carbocycles. The number of carbonyl (C=O) groups is 1. The van der Waals surface area contributed by atoms with Crippen LogP contribution < -0.4 is 0 Å². The summed E-state index contributed by atoms with van der Waals surface area (Å²) in [6.07, 6.45) is 1.75. The van der Waals surface area contributed by atoms with Crippen LogP contribution in [0.5, 0.6) is 0 Å². The summed E-state index contributed by atoms with van der Waals surface area (Å²) in [6, 6.07) is 16.8. The topological polar surface area (TPSA) is 37.3 Å². The molecule has 0 amide bonds. The van der Waals surface area contributed by atoms with Gasteiger partial charge in [-0.15, -0.1) is 11.3 Å². The first-order chi connectivity index (χ1) is 10.2. The van der Waals surface area contributed by atoms with Gasteiger partial charge < -0.3 is 5.11 Å². The smallest absolute Gasteiger partial charge is 0.303 e. The van der Waals surface area contributed by atoms with E-state index in [1.165, 1.54) is 26.8 Å². The first-order valence-electron chi connectivity index (χ1n) is 7.01. The lowest BCUT2D eigenvalue weighted by Crippen LogP contribution is -1.95. The van der Waals surface area contributed by atoms with Crippen LogP contribution >= 0.6 is 11.3 Å². The fraction of sp³-hybridized carbons (Fsp3) is 0.167. The zero-order valence-electron chi connectivity index (χ0n) is 11.6. The van der Waals surface area contributed by atoms with Gasteiger partial charge in [0, 0.05) is 11.1 Å². The van der Waals surface area contributed by atoms with Crippen molar-refractivity contribution in [3.8, 4) is 11.1 Å². The summed E-state index contributed by atoms with van der Waals surface area (Å²) in [5, 5.41) is 12.2. The zero-order valence-corrected chi connectivity index (χ0v) is 12.4. The number of rotatable bonds is 5. The number of benzene rings is 2. The minimum absolute atomic E-state index is 0.232. The maximum Gasteiger partial charge on any atom is 0.303 e. The molecule has 0 aliphatic heterocycles. The van der Waals surface area contributed by atoms with Crippen molar-refractivity contribution in [3.63, 3.8) is 0 Å². The Morgan fingerprint density at radius 3 is 2.62 bits per heavy atom. The number of aliphatic carboxylic acids is 1. The average Bonchev–Trinajstić information content (AvgIpc) is 2.90. The maximum absolute atomic E-state index is 10.6. The van der Waals surface area contributed by atoms with Gasteiger partial charge in [-0.2, -0.15) is 0 Å². The number of hydrogen-bond donors (Lipinski definition) is 1. The molecule has 0 aliphatic rings. The summed E-state index contributed by atoms with van der Waals surface area (Å²) in [5.41, 5.74) is 3.68. The van der Waals surface area contributed by atoms with Gasteiger partial charge in [0.15, 0.2) is 0 Å². The summed E-state index contributed by atoms with van der Waals surface area (Å²) in [4.78, 5) is 10.6. The Kier molecular flexibility index (Phi) is 4.02. The second-order valence-corrected chi connectivity index (χ2v) is 6.00. The van der Waals surface area contributed by atoms with Crippen molar-refractivity contribution in [2.45, 2.75) is 19.3 Å². The Morgan fingerprint density at radius 1 is 1.05 bits per heavy atom. The molecule has 21 heavy (non-hydrogen) atoms. The van der Waals surface area contributed by atoms with Crippen LogP contribution in [-0.2, 0) is 11.2 Å². The van der Waals surface area contributed by atoms with E-state index in [2.05, 4.69) is 35.7 Å². The van der Waals surface area contributed by atoms with Gasteiger partial charge in [0.05, 0.1) is 0 Å². The molecule has 1 aromatic heterocycles. The van der Waals surface area contributed by atoms with Crippen molar-refractivity contribution < 1.29 is 9.90 Å². The summed E-state index contributed by atoms with van der Waals surface area (Å²) in [6.45, 7) is 0.